The second kappa shape index (κ2) is 4.28. The van der Waals surface area contributed by atoms with Crippen LogP contribution in [0.3, 0.4) is 0 Å². The number of aromatic nitrogens is 3. The van der Waals surface area contributed by atoms with Crippen molar-refractivity contribution >= 4 is 16.8 Å². The summed E-state index contributed by atoms with van der Waals surface area (Å²) in [5.41, 5.74) is 2.81. The molecule has 0 atom stereocenters. The lowest BCUT2D eigenvalue weighted by atomic mass is 10.1. The van der Waals surface area contributed by atoms with Gasteiger partial charge < -0.3 is 0 Å². The zero-order valence-electron chi connectivity index (χ0n) is 10.1. The smallest absolute Gasteiger partial charge is 0.178 e. The van der Waals surface area contributed by atoms with Gasteiger partial charge in [0, 0.05) is 12.5 Å². The number of aromatic amines is 1. The molecule has 0 aliphatic heterocycles. The van der Waals surface area contributed by atoms with E-state index in [0.717, 1.165) is 0 Å². The fourth-order valence-electron chi connectivity index (χ4n) is 1.93. The van der Waals surface area contributed by atoms with Crippen LogP contribution in [-0.4, -0.2) is 21.0 Å². The summed E-state index contributed by atoms with van der Waals surface area (Å²) in [7, 11) is 0. The number of carbonyl (C=O) groups is 1. The molecule has 0 aliphatic rings. The maximum Gasteiger partial charge on any atom is 0.178 e. The van der Waals surface area contributed by atoms with Gasteiger partial charge in [-0.15, -0.1) is 0 Å². The Morgan fingerprint density at radius 2 is 2.11 bits per heavy atom. The number of benzene rings is 1. The Balaban J connectivity index is 2.24. The van der Waals surface area contributed by atoms with Crippen LogP contribution in [0.1, 0.15) is 17.4 Å². The molecule has 2 heterocycles. The Labute approximate surface area is 108 Å². The van der Waals surface area contributed by atoms with Gasteiger partial charge in [0.15, 0.2) is 5.78 Å². The number of pyridine rings is 1. The van der Waals surface area contributed by atoms with Crippen molar-refractivity contribution in [1.82, 2.24) is 15.2 Å². The van der Waals surface area contributed by atoms with Crippen molar-refractivity contribution in [2.75, 3.05) is 0 Å². The summed E-state index contributed by atoms with van der Waals surface area (Å²) in [5.74, 6) is -0.454. The zero-order chi connectivity index (χ0) is 13.4. The minimum absolute atomic E-state index is 0.117. The van der Waals surface area contributed by atoms with Gasteiger partial charge in [0.25, 0.3) is 0 Å². The third kappa shape index (κ3) is 1.99. The number of ketones is 1. The summed E-state index contributed by atoms with van der Waals surface area (Å²) in [4.78, 5) is 15.6. The number of rotatable bonds is 2. The average Bonchev–Trinajstić information content (AvgIpc) is 2.81. The van der Waals surface area contributed by atoms with Crippen LogP contribution in [0.5, 0.6) is 0 Å². The molecule has 5 heteroatoms. The van der Waals surface area contributed by atoms with E-state index in [1.165, 1.54) is 19.1 Å². The first-order valence-corrected chi connectivity index (χ1v) is 5.77. The van der Waals surface area contributed by atoms with Crippen LogP contribution in [0.15, 0.2) is 36.4 Å². The highest BCUT2D eigenvalue weighted by atomic mass is 19.1. The second-order valence-corrected chi connectivity index (χ2v) is 4.23. The Morgan fingerprint density at radius 3 is 2.84 bits per heavy atom. The van der Waals surface area contributed by atoms with Crippen molar-refractivity contribution in [1.29, 1.82) is 0 Å². The van der Waals surface area contributed by atoms with E-state index in [2.05, 4.69) is 15.2 Å². The Bertz CT molecular complexity index is 779. The van der Waals surface area contributed by atoms with Gasteiger partial charge in [0.1, 0.15) is 22.7 Å². The number of fused-ring (bicyclic) bond motifs is 1. The summed E-state index contributed by atoms with van der Waals surface area (Å²) >= 11 is 0. The number of hydrogen-bond acceptors (Lipinski definition) is 3. The second-order valence-electron chi connectivity index (χ2n) is 4.23. The quantitative estimate of drug-likeness (QED) is 0.716. The lowest BCUT2D eigenvalue weighted by Crippen LogP contribution is -1.96. The molecule has 0 saturated carbocycles. The fourth-order valence-corrected chi connectivity index (χ4v) is 1.93. The fraction of sp³-hybridized carbons (Fsp3) is 0.0714. The van der Waals surface area contributed by atoms with E-state index in [1.807, 2.05) is 0 Å². The van der Waals surface area contributed by atoms with Crippen molar-refractivity contribution in [2.45, 2.75) is 6.92 Å². The molecular weight excluding hydrogens is 245 g/mol. The lowest BCUT2D eigenvalue weighted by Gasteiger charge is -1.99. The molecule has 0 spiro atoms. The predicted octanol–water partition coefficient (Wildman–Crippen LogP) is 2.97. The van der Waals surface area contributed by atoms with E-state index in [4.69, 9.17) is 0 Å². The molecular formula is C14H10FN3O. The molecule has 3 aromatic rings. The van der Waals surface area contributed by atoms with Crippen LogP contribution in [0.2, 0.25) is 0 Å². The standard InChI is InChI=1S/C14H10FN3O/c1-8(19)11-5-6-12-14(16-11)13(18-17-12)9-3-2-4-10(15)7-9/h2-7H,1H3,(H,17,18). The molecule has 1 aromatic carbocycles. The summed E-state index contributed by atoms with van der Waals surface area (Å²) in [6, 6.07) is 9.50. The minimum atomic E-state index is -0.337. The van der Waals surface area contributed by atoms with Crippen molar-refractivity contribution < 1.29 is 9.18 Å². The number of carbonyl (C=O) groups excluding carboxylic acids is 1. The van der Waals surface area contributed by atoms with Gasteiger partial charge >= 0.3 is 0 Å². The molecule has 0 unspecified atom stereocenters. The molecule has 19 heavy (non-hydrogen) atoms. The first-order chi connectivity index (χ1) is 9.15. The van der Waals surface area contributed by atoms with Crippen LogP contribution in [0, 0.1) is 5.82 Å². The monoisotopic (exact) mass is 255 g/mol. The Morgan fingerprint density at radius 1 is 1.26 bits per heavy atom. The molecule has 1 N–H and O–H groups in total. The molecule has 94 valence electrons. The Hall–Kier alpha value is -2.56. The SMILES string of the molecule is CC(=O)c1ccc2[nH]nc(-c3cccc(F)c3)c2n1. The van der Waals surface area contributed by atoms with Crippen molar-refractivity contribution in [3.05, 3.63) is 47.9 Å². The molecule has 3 rings (SSSR count). The van der Waals surface area contributed by atoms with Gasteiger partial charge in [-0.3, -0.25) is 9.89 Å². The number of nitrogens with one attached hydrogen (secondary N) is 1. The number of halogens is 1. The maximum absolute atomic E-state index is 13.3. The van der Waals surface area contributed by atoms with Gasteiger partial charge in [-0.2, -0.15) is 5.10 Å². The van der Waals surface area contributed by atoms with E-state index in [1.54, 1.807) is 24.3 Å². The van der Waals surface area contributed by atoms with Crippen LogP contribution in [-0.2, 0) is 0 Å². The summed E-state index contributed by atoms with van der Waals surface area (Å²) < 4.78 is 13.3. The van der Waals surface area contributed by atoms with E-state index in [9.17, 15) is 9.18 Å². The summed E-state index contributed by atoms with van der Waals surface area (Å²) in [6.07, 6.45) is 0. The molecule has 0 saturated heterocycles. The number of hydrogen-bond donors (Lipinski definition) is 1. The minimum Gasteiger partial charge on any atom is -0.293 e. The van der Waals surface area contributed by atoms with Crippen molar-refractivity contribution in [3.63, 3.8) is 0 Å². The van der Waals surface area contributed by atoms with E-state index in [-0.39, 0.29) is 11.6 Å². The normalized spacial score (nSPS) is 10.8. The molecule has 0 amide bonds. The topological polar surface area (TPSA) is 58.6 Å². The molecule has 0 bridgehead atoms. The molecule has 0 radical (unpaired) electrons. The van der Waals surface area contributed by atoms with Gasteiger partial charge in [0.2, 0.25) is 0 Å². The zero-order valence-corrected chi connectivity index (χ0v) is 10.1. The number of nitrogens with zero attached hydrogens (tertiary/aromatic N) is 2. The lowest BCUT2D eigenvalue weighted by molar-refractivity contribution is 0.101. The third-order valence-corrected chi connectivity index (χ3v) is 2.87. The number of Topliss-reactive ketones (excluding diaryl/α,β-unsaturated/α-hetero) is 1. The van der Waals surface area contributed by atoms with E-state index >= 15 is 0 Å². The largest absolute Gasteiger partial charge is 0.293 e. The highest BCUT2D eigenvalue weighted by molar-refractivity contribution is 5.97. The van der Waals surface area contributed by atoms with E-state index < -0.39 is 0 Å². The maximum atomic E-state index is 13.3. The summed E-state index contributed by atoms with van der Waals surface area (Å²) in [6.45, 7) is 1.45. The van der Waals surface area contributed by atoms with E-state index in [0.29, 0.717) is 28.0 Å². The van der Waals surface area contributed by atoms with Gasteiger partial charge in [0.05, 0.1) is 5.52 Å². The highest BCUT2D eigenvalue weighted by Gasteiger charge is 2.12. The highest BCUT2D eigenvalue weighted by Crippen LogP contribution is 2.25. The Kier molecular flexibility index (Phi) is 2.59. The van der Waals surface area contributed by atoms with Crippen molar-refractivity contribution in [3.8, 4) is 11.3 Å². The van der Waals surface area contributed by atoms with Gasteiger partial charge in [-0.1, -0.05) is 12.1 Å². The third-order valence-electron chi connectivity index (χ3n) is 2.87. The molecule has 0 aliphatic carbocycles. The van der Waals surface area contributed by atoms with Crippen molar-refractivity contribution in [2.24, 2.45) is 0 Å². The first-order valence-electron chi connectivity index (χ1n) is 5.77. The molecule has 0 fully saturated rings. The molecule has 4 nitrogen and oxygen atoms in total. The average molecular weight is 255 g/mol. The van der Waals surface area contributed by atoms with Gasteiger partial charge in [-0.25, -0.2) is 9.37 Å². The van der Waals surface area contributed by atoms with Gasteiger partial charge in [-0.05, 0) is 24.3 Å². The van der Waals surface area contributed by atoms with Crippen LogP contribution in [0.4, 0.5) is 4.39 Å². The first kappa shape index (κ1) is 11.5. The molecule has 2 aromatic heterocycles. The summed E-state index contributed by atoms with van der Waals surface area (Å²) in [5, 5.41) is 6.97. The van der Waals surface area contributed by atoms with Crippen LogP contribution >= 0.6 is 0 Å². The van der Waals surface area contributed by atoms with Crippen LogP contribution in [0.25, 0.3) is 22.3 Å². The van der Waals surface area contributed by atoms with Crippen LogP contribution < -0.4 is 0 Å². The number of H-pyrrole nitrogens is 1. The predicted molar refractivity (Wildman–Crippen MR) is 69.3 cm³/mol.